The van der Waals surface area contributed by atoms with Crippen molar-refractivity contribution >= 4 is 56.1 Å². The van der Waals surface area contributed by atoms with E-state index in [0.29, 0.717) is 0 Å². The lowest BCUT2D eigenvalue weighted by Crippen LogP contribution is -1.87. The van der Waals surface area contributed by atoms with E-state index < -0.39 is 0 Å². The second-order valence-corrected chi connectivity index (χ2v) is 9.72. The van der Waals surface area contributed by atoms with Gasteiger partial charge in [-0.25, -0.2) is 14.4 Å². The summed E-state index contributed by atoms with van der Waals surface area (Å²) in [5.41, 5.74) is 11.1. The Balaban J connectivity index is 1.78. The Bertz CT molecular complexity index is 1580. The van der Waals surface area contributed by atoms with Crippen molar-refractivity contribution < 1.29 is 4.39 Å². The maximum atomic E-state index is 13.7. The van der Waals surface area contributed by atoms with Crippen LogP contribution in [0.4, 0.5) is 4.39 Å². The topological polar surface area (TPSA) is 41.6 Å². The summed E-state index contributed by atoms with van der Waals surface area (Å²) in [4.78, 5) is 13.4. The first-order chi connectivity index (χ1) is 16.5. The molecule has 5 heterocycles. The third-order valence-corrected chi connectivity index (χ3v) is 7.75. The minimum absolute atomic E-state index is 0.242. The van der Waals surface area contributed by atoms with Crippen molar-refractivity contribution in [3.05, 3.63) is 93.8 Å². The number of hydrogen-bond acceptors (Lipinski definition) is 3. The fraction of sp³-hybridized carbons (Fsp3) is 0.103. The van der Waals surface area contributed by atoms with Crippen LogP contribution < -0.4 is 0 Å². The van der Waals surface area contributed by atoms with Gasteiger partial charge in [0.1, 0.15) is 5.82 Å². The fourth-order valence-corrected chi connectivity index (χ4v) is 5.53. The lowest BCUT2D eigenvalue weighted by atomic mass is 10.1. The summed E-state index contributed by atoms with van der Waals surface area (Å²) in [6.45, 7) is 6.27. The molecule has 2 aliphatic rings. The van der Waals surface area contributed by atoms with E-state index in [1.54, 1.807) is 11.3 Å². The first-order valence-corrected chi connectivity index (χ1v) is 12.0. The number of aromatic amines is 1. The van der Waals surface area contributed by atoms with Crippen LogP contribution in [0.1, 0.15) is 39.5 Å². The number of H-pyrrole nitrogens is 1. The zero-order chi connectivity index (χ0) is 23.4. The van der Waals surface area contributed by atoms with Gasteiger partial charge in [-0.05, 0) is 98.2 Å². The minimum Gasteiger partial charge on any atom is -0.355 e. The van der Waals surface area contributed by atoms with Crippen molar-refractivity contribution in [3.8, 4) is 11.1 Å². The molecular weight excluding hydrogens is 441 g/mol. The largest absolute Gasteiger partial charge is 0.355 e. The molecule has 0 saturated carbocycles. The quantitative estimate of drug-likeness (QED) is 0.267. The molecule has 0 spiro atoms. The number of aryl methyl sites for hydroxylation is 2. The Morgan fingerprint density at radius 2 is 1.18 bits per heavy atom. The van der Waals surface area contributed by atoms with Crippen LogP contribution in [0.15, 0.2) is 48.5 Å². The van der Waals surface area contributed by atoms with E-state index in [9.17, 15) is 4.39 Å². The van der Waals surface area contributed by atoms with Crippen LogP contribution in [0.2, 0.25) is 0 Å². The number of nitrogens with one attached hydrogen (secondary N) is 1. The predicted octanol–water partition coefficient (Wildman–Crippen LogP) is 8.12. The van der Waals surface area contributed by atoms with Gasteiger partial charge < -0.3 is 4.98 Å². The smallest absolute Gasteiger partial charge is 0.123 e. The molecule has 0 radical (unpaired) electrons. The zero-order valence-corrected chi connectivity index (χ0v) is 19.9. The van der Waals surface area contributed by atoms with E-state index in [2.05, 4.69) is 74.3 Å². The molecule has 3 aromatic heterocycles. The molecule has 0 unspecified atom stereocenters. The van der Waals surface area contributed by atoms with E-state index in [1.807, 2.05) is 12.1 Å². The summed E-state index contributed by atoms with van der Waals surface area (Å²) in [5.74, 6) is -0.242. The van der Waals surface area contributed by atoms with E-state index in [0.717, 1.165) is 71.0 Å². The standard InChI is InChI=1S/C29H22FN3S/c1-16-21-8-9-22(31-21)17(2)24-12-13-26(33-24)29(19-4-6-20(30)7-5-19)28-15-14-27(34-28)18(3)25-11-10-23(16)32-25/h4-15,33H,1-3H3. The third-order valence-electron chi connectivity index (χ3n) is 6.53. The van der Waals surface area contributed by atoms with Crippen LogP contribution in [-0.4, -0.2) is 15.0 Å². The predicted molar refractivity (Wildman–Crippen MR) is 142 cm³/mol. The molecule has 1 N–H and O–H groups in total. The summed E-state index contributed by atoms with van der Waals surface area (Å²) in [6, 6.07) is 15.2. The van der Waals surface area contributed by atoms with Crippen molar-refractivity contribution in [3.63, 3.8) is 0 Å². The van der Waals surface area contributed by atoms with Crippen LogP contribution in [0.25, 0.3) is 55.9 Å². The maximum absolute atomic E-state index is 13.7. The average Bonchev–Trinajstić information content (AvgIpc) is 3.65. The summed E-state index contributed by atoms with van der Waals surface area (Å²) < 4.78 is 16.0. The second kappa shape index (κ2) is 7.89. The molecule has 3 nitrogen and oxygen atoms in total. The monoisotopic (exact) mass is 463 g/mol. The molecule has 0 aliphatic carbocycles. The number of rotatable bonds is 1. The number of fused-ring (bicyclic) bond motifs is 8. The molecule has 0 saturated heterocycles. The Kier molecular flexibility index (Phi) is 4.82. The summed E-state index contributed by atoms with van der Waals surface area (Å²) in [7, 11) is 0. The van der Waals surface area contributed by atoms with E-state index in [1.165, 1.54) is 12.1 Å². The molecule has 8 bridgehead atoms. The van der Waals surface area contributed by atoms with Gasteiger partial charge in [-0.2, -0.15) is 0 Å². The minimum atomic E-state index is -0.242. The number of thiophene rings is 1. The van der Waals surface area contributed by atoms with Gasteiger partial charge in [0, 0.05) is 31.6 Å². The van der Waals surface area contributed by atoms with Gasteiger partial charge in [0.2, 0.25) is 0 Å². The summed E-state index contributed by atoms with van der Waals surface area (Å²) in [5, 5.41) is 0. The van der Waals surface area contributed by atoms with E-state index in [4.69, 9.17) is 9.97 Å². The van der Waals surface area contributed by atoms with Crippen molar-refractivity contribution in [1.29, 1.82) is 0 Å². The van der Waals surface area contributed by atoms with Gasteiger partial charge in [0.15, 0.2) is 0 Å². The highest BCUT2D eigenvalue weighted by atomic mass is 32.1. The van der Waals surface area contributed by atoms with Crippen molar-refractivity contribution in [1.82, 2.24) is 15.0 Å². The van der Waals surface area contributed by atoms with E-state index >= 15 is 0 Å². The van der Waals surface area contributed by atoms with Crippen molar-refractivity contribution in [2.75, 3.05) is 0 Å². The van der Waals surface area contributed by atoms with Gasteiger partial charge in [0.05, 0.1) is 22.8 Å². The number of halogens is 1. The number of aromatic nitrogens is 3. The lowest BCUT2D eigenvalue weighted by Gasteiger charge is -2.03. The Labute approximate surface area is 201 Å². The average molecular weight is 464 g/mol. The van der Waals surface area contributed by atoms with Gasteiger partial charge in [-0.1, -0.05) is 12.1 Å². The highest BCUT2D eigenvalue weighted by Crippen LogP contribution is 2.35. The Hall–Kier alpha value is -3.83. The highest BCUT2D eigenvalue weighted by molar-refractivity contribution is 7.24. The van der Waals surface area contributed by atoms with Gasteiger partial charge >= 0.3 is 0 Å². The normalized spacial score (nSPS) is 12.5. The molecule has 0 fully saturated rings. The molecule has 0 amide bonds. The Morgan fingerprint density at radius 1 is 0.618 bits per heavy atom. The SMILES string of the molecule is Cc1c2nc(c(C)c3ccc([nH]3)c(-c3ccc(F)cc3)c3ccc(s3)c(C)c3nc1C=C3)C=C2. The first kappa shape index (κ1) is 20.8. The van der Waals surface area contributed by atoms with Crippen LogP contribution in [-0.2, 0) is 0 Å². The van der Waals surface area contributed by atoms with Crippen LogP contribution >= 0.6 is 11.3 Å². The molecule has 5 heteroatoms. The molecule has 166 valence electrons. The molecule has 2 aliphatic heterocycles. The zero-order valence-electron chi connectivity index (χ0n) is 19.1. The first-order valence-electron chi connectivity index (χ1n) is 11.2. The molecule has 0 atom stereocenters. The second-order valence-electron chi connectivity index (χ2n) is 8.64. The van der Waals surface area contributed by atoms with Gasteiger partial charge in [-0.3, -0.25) is 0 Å². The molecule has 6 rings (SSSR count). The number of benzene rings is 1. The fourth-order valence-electron chi connectivity index (χ4n) is 4.44. The molecular formula is C29H22FN3S. The van der Waals surface area contributed by atoms with Crippen molar-refractivity contribution in [2.24, 2.45) is 0 Å². The lowest BCUT2D eigenvalue weighted by molar-refractivity contribution is 0.628. The van der Waals surface area contributed by atoms with Gasteiger partial charge in [0.25, 0.3) is 0 Å². The number of hydrogen-bond donors (Lipinski definition) is 1. The molecule has 4 aromatic rings. The molecule has 1 aromatic carbocycles. The third kappa shape index (κ3) is 3.40. The highest BCUT2D eigenvalue weighted by Gasteiger charge is 2.13. The molecule has 34 heavy (non-hydrogen) atoms. The van der Waals surface area contributed by atoms with E-state index in [-0.39, 0.29) is 5.82 Å². The summed E-state index contributed by atoms with van der Waals surface area (Å²) >= 11 is 1.72. The number of nitrogens with zero attached hydrogens (tertiary/aromatic N) is 2. The Morgan fingerprint density at radius 3 is 1.85 bits per heavy atom. The van der Waals surface area contributed by atoms with Crippen molar-refractivity contribution in [2.45, 2.75) is 20.8 Å². The maximum Gasteiger partial charge on any atom is 0.123 e. The van der Waals surface area contributed by atoms with Crippen LogP contribution in [0.5, 0.6) is 0 Å². The van der Waals surface area contributed by atoms with Crippen LogP contribution in [0, 0.1) is 26.6 Å². The van der Waals surface area contributed by atoms with Gasteiger partial charge in [-0.15, -0.1) is 11.3 Å². The summed E-state index contributed by atoms with van der Waals surface area (Å²) in [6.07, 6.45) is 8.26. The van der Waals surface area contributed by atoms with Crippen LogP contribution in [0.3, 0.4) is 0 Å².